The summed E-state index contributed by atoms with van der Waals surface area (Å²) in [5, 5.41) is 14.2. The van der Waals surface area contributed by atoms with Crippen molar-refractivity contribution in [3.63, 3.8) is 0 Å². The number of carbonyl (C=O) groups excluding carboxylic acids is 2. The molecule has 0 bridgehead atoms. The molecule has 0 fully saturated rings. The zero-order valence-corrected chi connectivity index (χ0v) is 13.3. The number of thioether (sulfide) groups is 1. The molecule has 0 aliphatic carbocycles. The van der Waals surface area contributed by atoms with Crippen LogP contribution in [0.15, 0.2) is 0 Å². The normalized spacial score (nSPS) is 15.0. The second-order valence-electron chi connectivity index (χ2n) is 4.74. The van der Waals surface area contributed by atoms with Crippen molar-refractivity contribution >= 4 is 29.5 Å². The van der Waals surface area contributed by atoms with Crippen molar-refractivity contribution in [1.82, 2.24) is 10.6 Å². The van der Waals surface area contributed by atoms with Crippen LogP contribution in [0.5, 0.6) is 0 Å². The zero-order valence-electron chi connectivity index (χ0n) is 12.4. The quantitative estimate of drug-likeness (QED) is 0.587. The van der Waals surface area contributed by atoms with Gasteiger partial charge in [0, 0.05) is 6.92 Å². The zero-order chi connectivity index (χ0) is 15.7. The minimum atomic E-state index is -1.06. The molecule has 116 valence electrons. The molecule has 0 aromatic carbocycles. The van der Waals surface area contributed by atoms with E-state index in [9.17, 15) is 14.4 Å². The first kappa shape index (κ1) is 18.8. The lowest BCUT2D eigenvalue weighted by Gasteiger charge is -2.24. The lowest BCUT2D eigenvalue weighted by molar-refractivity contribution is -0.143. The van der Waals surface area contributed by atoms with E-state index in [0.29, 0.717) is 18.6 Å². The Kier molecular flexibility index (Phi) is 9.03. The molecule has 0 radical (unpaired) electrons. The van der Waals surface area contributed by atoms with E-state index in [2.05, 4.69) is 10.6 Å². The van der Waals surface area contributed by atoms with Crippen LogP contribution in [0.25, 0.3) is 0 Å². The molecule has 0 aromatic rings. The second kappa shape index (κ2) is 9.63. The first-order valence-corrected chi connectivity index (χ1v) is 8.02. The Hall–Kier alpha value is -1.24. The van der Waals surface area contributed by atoms with Gasteiger partial charge in [-0.15, -0.1) is 0 Å². The molecule has 3 N–H and O–H groups in total. The fourth-order valence-corrected chi connectivity index (χ4v) is 2.16. The summed E-state index contributed by atoms with van der Waals surface area (Å²) in [6, 6.07) is -1.62. The van der Waals surface area contributed by atoms with Gasteiger partial charge >= 0.3 is 5.97 Å². The molecule has 0 aliphatic rings. The van der Waals surface area contributed by atoms with Crippen LogP contribution in [0.1, 0.15) is 33.6 Å². The van der Waals surface area contributed by atoms with E-state index in [0.717, 1.165) is 0 Å². The number of nitrogens with one attached hydrogen (secondary N) is 2. The number of hydrogen-bond acceptors (Lipinski definition) is 4. The van der Waals surface area contributed by atoms with Crippen molar-refractivity contribution in [2.75, 3.05) is 12.0 Å². The van der Waals surface area contributed by atoms with Gasteiger partial charge in [0.2, 0.25) is 11.8 Å². The number of carboxylic acids is 1. The molecule has 2 amide bonds. The van der Waals surface area contributed by atoms with Gasteiger partial charge in [-0.25, -0.2) is 4.79 Å². The summed E-state index contributed by atoms with van der Waals surface area (Å²) in [6.07, 6.45) is 3.02. The fourth-order valence-electron chi connectivity index (χ4n) is 1.69. The number of amides is 2. The van der Waals surface area contributed by atoms with E-state index in [1.54, 1.807) is 18.7 Å². The van der Waals surface area contributed by atoms with Gasteiger partial charge in [-0.1, -0.05) is 20.3 Å². The molecule has 7 heteroatoms. The number of carbonyl (C=O) groups is 3. The summed E-state index contributed by atoms with van der Waals surface area (Å²) in [6.45, 7) is 4.98. The first-order chi connectivity index (χ1) is 9.33. The molecule has 0 saturated carbocycles. The number of carboxylic acid groups (broad SMARTS) is 1. The third kappa shape index (κ3) is 6.79. The van der Waals surface area contributed by atoms with Crippen LogP contribution < -0.4 is 10.6 Å². The maximum Gasteiger partial charge on any atom is 0.326 e. The Morgan fingerprint density at radius 3 is 2.25 bits per heavy atom. The molecule has 20 heavy (non-hydrogen) atoms. The van der Waals surface area contributed by atoms with E-state index in [-0.39, 0.29) is 11.8 Å². The molecule has 0 rings (SSSR count). The highest BCUT2D eigenvalue weighted by Crippen LogP contribution is 2.09. The Morgan fingerprint density at radius 2 is 1.85 bits per heavy atom. The van der Waals surface area contributed by atoms with Crippen LogP contribution in [0.4, 0.5) is 0 Å². The van der Waals surface area contributed by atoms with E-state index >= 15 is 0 Å². The lowest BCUT2D eigenvalue weighted by Crippen LogP contribution is -2.53. The second-order valence-corrected chi connectivity index (χ2v) is 5.73. The van der Waals surface area contributed by atoms with Crippen molar-refractivity contribution in [3.05, 3.63) is 0 Å². The molecule has 0 unspecified atom stereocenters. The molecular weight excluding hydrogens is 279 g/mol. The van der Waals surface area contributed by atoms with Gasteiger partial charge in [-0.2, -0.15) is 11.8 Å². The first-order valence-electron chi connectivity index (χ1n) is 6.62. The van der Waals surface area contributed by atoms with Gasteiger partial charge in [0.25, 0.3) is 0 Å². The van der Waals surface area contributed by atoms with Crippen LogP contribution in [-0.4, -0.2) is 47.0 Å². The molecule has 0 aliphatic heterocycles. The standard InChI is InChI=1S/C13H24N2O4S/c1-5-8(2)11(13(18)19)15-12(17)10(6-7-20-4)14-9(3)16/h8,10-11H,5-7H2,1-4H3,(H,14,16)(H,15,17)(H,18,19)/t8-,10-,11-/m0/s1/i4-1. The van der Waals surface area contributed by atoms with Crippen molar-refractivity contribution in [2.24, 2.45) is 5.92 Å². The van der Waals surface area contributed by atoms with Gasteiger partial charge < -0.3 is 15.7 Å². The Morgan fingerprint density at radius 1 is 1.25 bits per heavy atom. The van der Waals surface area contributed by atoms with Crippen molar-refractivity contribution < 1.29 is 19.5 Å². The average Bonchev–Trinajstić information content (AvgIpc) is 2.38. The van der Waals surface area contributed by atoms with Gasteiger partial charge in [0.05, 0.1) is 0 Å². The van der Waals surface area contributed by atoms with Gasteiger partial charge in [-0.05, 0) is 24.3 Å². The van der Waals surface area contributed by atoms with E-state index < -0.39 is 24.0 Å². The predicted molar refractivity (Wildman–Crippen MR) is 79.6 cm³/mol. The van der Waals surface area contributed by atoms with Crippen LogP contribution in [0.3, 0.4) is 0 Å². The van der Waals surface area contributed by atoms with Crippen LogP contribution in [-0.2, 0) is 14.4 Å². The van der Waals surface area contributed by atoms with Crippen LogP contribution >= 0.6 is 11.8 Å². The molecule has 6 nitrogen and oxygen atoms in total. The molecule has 3 atom stereocenters. The Labute approximate surface area is 124 Å². The smallest absolute Gasteiger partial charge is 0.326 e. The van der Waals surface area contributed by atoms with E-state index in [1.807, 2.05) is 13.2 Å². The molecular formula is C13H24N2O4S. The maximum atomic E-state index is 12.1. The van der Waals surface area contributed by atoms with Gasteiger partial charge in [0.1, 0.15) is 12.1 Å². The summed E-state index contributed by atoms with van der Waals surface area (Å²) in [5.74, 6) is -1.27. The monoisotopic (exact) mass is 303 g/mol. The van der Waals surface area contributed by atoms with E-state index in [1.165, 1.54) is 6.92 Å². The summed E-state index contributed by atoms with van der Waals surface area (Å²) in [4.78, 5) is 34.4. The molecule has 0 heterocycles. The van der Waals surface area contributed by atoms with Crippen LogP contribution in [0.2, 0.25) is 0 Å². The summed E-state index contributed by atoms with van der Waals surface area (Å²) in [5.41, 5.74) is 0. The SMILES string of the molecule is CC[C@H](C)[C@H](NC(=O)[C@H](CCS[11CH3])NC(C)=O)C(=O)O. The topological polar surface area (TPSA) is 95.5 Å². The largest absolute Gasteiger partial charge is 0.480 e. The highest BCUT2D eigenvalue weighted by Gasteiger charge is 2.28. The van der Waals surface area contributed by atoms with Crippen LogP contribution in [0, 0.1) is 5.92 Å². The average molecular weight is 303 g/mol. The van der Waals surface area contributed by atoms with Gasteiger partial charge in [-0.3, -0.25) is 9.59 Å². The van der Waals surface area contributed by atoms with Crippen molar-refractivity contribution in [3.8, 4) is 0 Å². The highest BCUT2D eigenvalue weighted by molar-refractivity contribution is 7.98. The molecule has 0 aromatic heterocycles. The third-order valence-electron chi connectivity index (χ3n) is 3.08. The summed E-state index contributed by atoms with van der Waals surface area (Å²) in [7, 11) is 0. The Bertz CT molecular complexity index is 349. The van der Waals surface area contributed by atoms with Gasteiger partial charge in [0.15, 0.2) is 0 Å². The predicted octanol–water partition coefficient (Wildman–Crippen LogP) is 0.860. The highest BCUT2D eigenvalue weighted by atomic mass is 32.2. The number of aliphatic carboxylic acids is 1. The minimum absolute atomic E-state index is 0.171. The molecule has 0 spiro atoms. The number of rotatable bonds is 9. The van der Waals surface area contributed by atoms with Crippen molar-refractivity contribution in [1.29, 1.82) is 0 Å². The Balaban J connectivity index is 4.77. The van der Waals surface area contributed by atoms with Crippen molar-refractivity contribution in [2.45, 2.75) is 45.7 Å². The third-order valence-corrected chi connectivity index (χ3v) is 3.73. The van der Waals surface area contributed by atoms with E-state index in [4.69, 9.17) is 5.11 Å². The summed E-state index contributed by atoms with van der Waals surface area (Å²) < 4.78 is 0. The maximum absolute atomic E-state index is 12.1. The lowest BCUT2D eigenvalue weighted by atomic mass is 9.99. The fraction of sp³-hybridized carbons (Fsp3) is 0.769. The number of hydrogen-bond donors (Lipinski definition) is 3. The summed E-state index contributed by atoms with van der Waals surface area (Å²) >= 11 is 1.56. The minimum Gasteiger partial charge on any atom is -0.480 e. The molecule has 0 saturated heterocycles.